The van der Waals surface area contributed by atoms with Crippen molar-refractivity contribution in [3.05, 3.63) is 16.9 Å². The van der Waals surface area contributed by atoms with Gasteiger partial charge in [0.1, 0.15) is 17.4 Å². The van der Waals surface area contributed by atoms with Gasteiger partial charge in [-0.25, -0.2) is 0 Å². The van der Waals surface area contributed by atoms with Gasteiger partial charge >= 0.3 is 0 Å². The fourth-order valence-electron chi connectivity index (χ4n) is 2.50. The molecule has 0 saturated carbocycles. The van der Waals surface area contributed by atoms with Crippen LogP contribution in [0.25, 0.3) is 0 Å². The lowest BCUT2D eigenvalue weighted by atomic mass is 10.0. The number of aryl methyl sites for hydroxylation is 1. The summed E-state index contributed by atoms with van der Waals surface area (Å²) in [6.07, 6.45) is 0. The Balaban J connectivity index is 2.06. The van der Waals surface area contributed by atoms with E-state index in [0.717, 1.165) is 25.2 Å². The number of piperazine rings is 1. The highest BCUT2D eigenvalue weighted by Crippen LogP contribution is 2.25. The van der Waals surface area contributed by atoms with Crippen LogP contribution < -0.4 is 10.6 Å². The van der Waals surface area contributed by atoms with Crippen LogP contribution in [-0.4, -0.2) is 42.5 Å². The minimum atomic E-state index is -0.157. The highest BCUT2D eigenvalue weighted by atomic mass is 16.4. The molecule has 2 rings (SSSR count). The number of furan rings is 1. The molecule has 114 valence electrons. The van der Waals surface area contributed by atoms with E-state index in [0.29, 0.717) is 17.9 Å². The molecule has 1 amide bonds. The van der Waals surface area contributed by atoms with Gasteiger partial charge in [-0.1, -0.05) is 0 Å². The number of carbonyl (C=O) groups is 1. The van der Waals surface area contributed by atoms with Gasteiger partial charge in [-0.15, -0.1) is 0 Å². The van der Waals surface area contributed by atoms with Crippen LogP contribution in [0.2, 0.25) is 0 Å². The zero-order chi connectivity index (χ0) is 15.6. The lowest BCUT2D eigenvalue weighted by molar-refractivity contribution is -0.119. The number of rotatable bonds is 3. The molecule has 0 bridgehead atoms. The molecule has 1 aromatic heterocycles. The molecule has 0 unspecified atom stereocenters. The highest BCUT2D eigenvalue weighted by molar-refractivity contribution is 5.92. The van der Waals surface area contributed by atoms with E-state index in [4.69, 9.17) is 9.68 Å². The topological polar surface area (TPSA) is 81.3 Å². The van der Waals surface area contributed by atoms with Crippen molar-refractivity contribution in [1.29, 1.82) is 5.26 Å². The van der Waals surface area contributed by atoms with E-state index in [1.54, 1.807) is 6.92 Å². The number of hydrogen-bond acceptors (Lipinski definition) is 5. The smallest absolute Gasteiger partial charge is 0.240 e. The molecule has 2 heterocycles. The summed E-state index contributed by atoms with van der Waals surface area (Å²) in [4.78, 5) is 14.3. The lowest BCUT2D eigenvalue weighted by Gasteiger charge is -2.42. The minimum Gasteiger partial charge on any atom is -0.444 e. The van der Waals surface area contributed by atoms with Crippen LogP contribution in [-0.2, 0) is 4.79 Å². The number of nitriles is 1. The fourth-order valence-corrected chi connectivity index (χ4v) is 2.50. The first-order valence-electron chi connectivity index (χ1n) is 7.11. The Bertz CT molecular complexity index is 583. The van der Waals surface area contributed by atoms with Crippen molar-refractivity contribution in [2.75, 3.05) is 31.5 Å². The standard InChI is InChI=1S/C15H22N4O2/c1-10-11(2)21-14(12(10)7-16)18-13(20)8-19-6-5-17-9-15(19,3)4/h17H,5-6,8-9H2,1-4H3,(H,18,20). The predicted octanol–water partition coefficient (Wildman–Crippen LogP) is 1.39. The Hall–Kier alpha value is -1.84. The van der Waals surface area contributed by atoms with E-state index < -0.39 is 0 Å². The first-order valence-corrected chi connectivity index (χ1v) is 7.11. The summed E-state index contributed by atoms with van der Waals surface area (Å²) in [5.74, 6) is 0.755. The molecular weight excluding hydrogens is 268 g/mol. The van der Waals surface area contributed by atoms with Crippen LogP contribution in [0.1, 0.15) is 30.7 Å². The zero-order valence-electron chi connectivity index (χ0n) is 13.0. The molecule has 21 heavy (non-hydrogen) atoms. The van der Waals surface area contributed by atoms with Crippen molar-refractivity contribution >= 4 is 11.8 Å². The van der Waals surface area contributed by atoms with Crippen molar-refractivity contribution in [1.82, 2.24) is 10.2 Å². The van der Waals surface area contributed by atoms with Gasteiger partial charge in [0.2, 0.25) is 11.8 Å². The molecule has 1 saturated heterocycles. The first kappa shape index (κ1) is 15.5. The maximum atomic E-state index is 12.2. The zero-order valence-corrected chi connectivity index (χ0v) is 13.0. The molecule has 1 aliphatic rings. The number of carbonyl (C=O) groups excluding carboxylic acids is 1. The van der Waals surface area contributed by atoms with E-state index in [-0.39, 0.29) is 17.3 Å². The molecule has 0 radical (unpaired) electrons. The van der Waals surface area contributed by atoms with Crippen LogP contribution in [0, 0.1) is 25.2 Å². The van der Waals surface area contributed by atoms with Gasteiger partial charge in [-0.05, 0) is 27.7 Å². The van der Waals surface area contributed by atoms with E-state index in [1.807, 2.05) is 6.92 Å². The summed E-state index contributed by atoms with van der Waals surface area (Å²) >= 11 is 0. The van der Waals surface area contributed by atoms with Crippen LogP contribution in [0.4, 0.5) is 5.88 Å². The molecule has 1 aliphatic heterocycles. The van der Waals surface area contributed by atoms with Gasteiger partial charge in [-0.2, -0.15) is 5.26 Å². The van der Waals surface area contributed by atoms with Gasteiger partial charge in [-0.3, -0.25) is 15.0 Å². The van der Waals surface area contributed by atoms with Crippen LogP contribution in [0.15, 0.2) is 4.42 Å². The molecule has 1 aromatic rings. The van der Waals surface area contributed by atoms with E-state index >= 15 is 0 Å². The number of hydrogen-bond donors (Lipinski definition) is 2. The Labute approximate surface area is 125 Å². The Kier molecular flexibility index (Phi) is 4.35. The Morgan fingerprint density at radius 3 is 2.86 bits per heavy atom. The third kappa shape index (κ3) is 3.26. The average molecular weight is 290 g/mol. The maximum absolute atomic E-state index is 12.2. The lowest BCUT2D eigenvalue weighted by Crippen LogP contribution is -2.59. The Morgan fingerprint density at radius 2 is 2.24 bits per heavy atom. The second-order valence-corrected chi connectivity index (χ2v) is 6.06. The molecule has 2 N–H and O–H groups in total. The van der Waals surface area contributed by atoms with Crippen LogP contribution >= 0.6 is 0 Å². The largest absolute Gasteiger partial charge is 0.444 e. The summed E-state index contributed by atoms with van der Waals surface area (Å²) in [7, 11) is 0. The van der Waals surface area contributed by atoms with Gasteiger partial charge in [0.25, 0.3) is 0 Å². The summed E-state index contributed by atoms with van der Waals surface area (Å²) < 4.78 is 5.46. The average Bonchev–Trinajstić information content (AvgIpc) is 2.67. The molecule has 0 spiro atoms. The molecule has 6 nitrogen and oxygen atoms in total. The monoisotopic (exact) mass is 290 g/mol. The van der Waals surface area contributed by atoms with Crippen molar-refractivity contribution < 1.29 is 9.21 Å². The third-order valence-corrected chi connectivity index (χ3v) is 4.06. The normalized spacial score (nSPS) is 18.2. The van der Waals surface area contributed by atoms with Gasteiger partial charge in [0.15, 0.2) is 0 Å². The fraction of sp³-hybridized carbons (Fsp3) is 0.600. The van der Waals surface area contributed by atoms with Crippen molar-refractivity contribution in [3.8, 4) is 6.07 Å². The molecule has 0 atom stereocenters. The number of nitrogens with one attached hydrogen (secondary N) is 2. The van der Waals surface area contributed by atoms with Gasteiger partial charge in [0, 0.05) is 30.7 Å². The summed E-state index contributed by atoms with van der Waals surface area (Å²) in [5, 5.41) is 15.2. The quantitative estimate of drug-likeness (QED) is 0.879. The van der Waals surface area contributed by atoms with Gasteiger partial charge in [0.05, 0.1) is 6.54 Å². The minimum absolute atomic E-state index is 0.0668. The van der Waals surface area contributed by atoms with Crippen molar-refractivity contribution in [3.63, 3.8) is 0 Å². The summed E-state index contributed by atoms with van der Waals surface area (Å²) in [6, 6.07) is 2.08. The number of anilines is 1. The molecule has 1 fully saturated rings. The highest BCUT2D eigenvalue weighted by Gasteiger charge is 2.31. The van der Waals surface area contributed by atoms with Gasteiger partial charge < -0.3 is 9.73 Å². The summed E-state index contributed by atoms with van der Waals surface area (Å²) in [5.41, 5.74) is 1.11. The first-order chi connectivity index (χ1) is 9.85. The number of amides is 1. The molecule has 0 aliphatic carbocycles. The third-order valence-electron chi connectivity index (χ3n) is 4.06. The van der Waals surface area contributed by atoms with E-state index in [2.05, 4.69) is 35.5 Å². The molecule has 6 heteroatoms. The van der Waals surface area contributed by atoms with Crippen molar-refractivity contribution in [2.24, 2.45) is 0 Å². The maximum Gasteiger partial charge on any atom is 0.240 e. The summed E-state index contributed by atoms with van der Waals surface area (Å²) in [6.45, 7) is 10.6. The van der Waals surface area contributed by atoms with Crippen molar-refractivity contribution in [2.45, 2.75) is 33.2 Å². The Morgan fingerprint density at radius 1 is 1.52 bits per heavy atom. The second-order valence-electron chi connectivity index (χ2n) is 6.06. The molecule has 0 aromatic carbocycles. The predicted molar refractivity (Wildman–Crippen MR) is 80.0 cm³/mol. The van der Waals surface area contributed by atoms with E-state index in [1.165, 1.54) is 0 Å². The second kappa shape index (κ2) is 5.88. The number of nitrogens with zero attached hydrogens (tertiary/aromatic N) is 2. The molecular formula is C15H22N4O2. The van der Waals surface area contributed by atoms with Crippen LogP contribution in [0.5, 0.6) is 0 Å². The SMILES string of the molecule is Cc1oc(NC(=O)CN2CCNCC2(C)C)c(C#N)c1C. The van der Waals surface area contributed by atoms with E-state index in [9.17, 15) is 4.79 Å². The van der Waals surface area contributed by atoms with Crippen LogP contribution in [0.3, 0.4) is 0 Å².